The highest BCUT2D eigenvalue weighted by Gasteiger charge is 2.62. The fraction of sp³-hybridized carbons (Fsp3) is 0.368. The van der Waals surface area contributed by atoms with Crippen LogP contribution in [-0.2, 0) is 33.3 Å². The Bertz CT molecular complexity index is 1080. The Morgan fingerprint density at radius 3 is 1.70 bits per heavy atom. The van der Waals surface area contributed by atoms with Crippen LogP contribution in [0.5, 0.6) is 0 Å². The molecule has 0 bridgehead atoms. The van der Waals surface area contributed by atoms with Gasteiger partial charge in [0.1, 0.15) is 0 Å². The van der Waals surface area contributed by atoms with Crippen LogP contribution in [0.25, 0.3) is 0 Å². The summed E-state index contributed by atoms with van der Waals surface area (Å²) in [5, 5.41) is 0. The van der Waals surface area contributed by atoms with Gasteiger partial charge in [-0.15, -0.1) is 0 Å². The molecule has 2 aromatic rings. The third-order valence-corrected chi connectivity index (χ3v) is 11.5. The number of rotatable bonds is 11. The maximum atomic E-state index is 16.4. The van der Waals surface area contributed by atoms with Gasteiger partial charge in [0.2, 0.25) is 9.84 Å². The molecule has 0 radical (unpaired) electrons. The summed E-state index contributed by atoms with van der Waals surface area (Å²) < 4.78 is 87.8. The third kappa shape index (κ3) is 4.84. The van der Waals surface area contributed by atoms with Gasteiger partial charge < -0.3 is 9.05 Å². The molecule has 0 amide bonds. The molecule has 0 spiro atoms. The molecule has 2 aromatic carbocycles. The fourth-order valence-corrected chi connectivity index (χ4v) is 9.00. The molecule has 1 atom stereocenters. The van der Waals surface area contributed by atoms with E-state index in [4.69, 9.17) is 9.05 Å². The standard InChI is InChI=1S/C19H24FO7PS2/c1-3-26-28(21,27-4-2)19(20,30(24,25)18-13-9-6-10-14-18)15-16-29(22,23)17-11-7-5-8-12-17/h5-14H,3-4,15-16H2,1-2H3/t19-/m1/s1. The van der Waals surface area contributed by atoms with E-state index < -0.39 is 49.1 Å². The van der Waals surface area contributed by atoms with Crippen LogP contribution in [0.3, 0.4) is 0 Å². The Kier molecular flexibility index (Phi) is 7.98. The van der Waals surface area contributed by atoms with Gasteiger partial charge in [-0.3, -0.25) is 4.57 Å². The molecule has 7 nitrogen and oxygen atoms in total. The predicted molar refractivity (Wildman–Crippen MR) is 111 cm³/mol. The zero-order valence-corrected chi connectivity index (χ0v) is 19.1. The van der Waals surface area contributed by atoms with Crippen LogP contribution < -0.4 is 0 Å². The van der Waals surface area contributed by atoms with Crippen LogP contribution in [0.4, 0.5) is 4.39 Å². The zero-order chi connectivity index (χ0) is 22.5. The molecule has 30 heavy (non-hydrogen) atoms. The Morgan fingerprint density at radius 1 is 0.833 bits per heavy atom. The Labute approximate surface area is 176 Å². The Hall–Kier alpha value is -1.58. The minimum Gasteiger partial charge on any atom is -0.306 e. The quantitative estimate of drug-likeness (QED) is 0.446. The van der Waals surface area contributed by atoms with Crippen LogP contribution in [0.2, 0.25) is 0 Å². The largest absolute Gasteiger partial charge is 0.383 e. The summed E-state index contributed by atoms with van der Waals surface area (Å²) in [6.45, 7) is 2.22. The molecular weight excluding hydrogens is 454 g/mol. The molecule has 0 heterocycles. The number of alkyl halides is 1. The Balaban J connectivity index is 2.58. The lowest BCUT2D eigenvalue weighted by Gasteiger charge is -2.31. The average molecular weight is 479 g/mol. The van der Waals surface area contributed by atoms with Crippen LogP contribution in [0.1, 0.15) is 20.3 Å². The minimum absolute atomic E-state index is 0.105. The predicted octanol–water partition coefficient (Wildman–Crippen LogP) is 4.21. The second-order valence-corrected chi connectivity index (χ2v) is 13.0. The molecule has 0 aliphatic rings. The first-order valence-corrected chi connectivity index (χ1v) is 13.9. The highest BCUT2D eigenvalue weighted by molar-refractivity contribution is 7.99. The van der Waals surface area contributed by atoms with Crippen LogP contribution in [0.15, 0.2) is 70.5 Å². The first-order chi connectivity index (χ1) is 14.0. The molecule has 166 valence electrons. The first kappa shape index (κ1) is 24.7. The normalized spacial score (nSPS) is 14.9. The molecule has 0 aromatic heterocycles. The van der Waals surface area contributed by atoms with Gasteiger partial charge in [-0.05, 0) is 38.1 Å². The van der Waals surface area contributed by atoms with Crippen molar-refractivity contribution >= 4 is 27.3 Å². The Morgan fingerprint density at radius 2 is 1.27 bits per heavy atom. The van der Waals surface area contributed by atoms with E-state index in [1.54, 1.807) is 6.07 Å². The smallest absolute Gasteiger partial charge is 0.306 e. The van der Waals surface area contributed by atoms with E-state index in [9.17, 15) is 21.4 Å². The fourth-order valence-electron chi connectivity index (χ4n) is 2.77. The SMILES string of the molecule is CCOP(=O)(OCC)[C@](F)(CCS(=O)(=O)c1ccccc1)S(=O)(=O)c1ccccc1. The lowest BCUT2D eigenvalue weighted by molar-refractivity contribution is 0.174. The summed E-state index contributed by atoms with van der Waals surface area (Å²) in [7, 11) is -13.9. The molecule has 0 N–H and O–H groups in total. The molecular formula is C19H24FO7PS2. The van der Waals surface area contributed by atoms with E-state index in [0.29, 0.717) is 0 Å². The van der Waals surface area contributed by atoms with Crippen LogP contribution in [-0.4, -0.2) is 40.5 Å². The summed E-state index contributed by atoms with van der Waals surface area (Å²) >= 11 is 0. The van der Waals surface area contributed by atoms with Crippen molar-refractivity contribution in [3.8, 4) is 0 Å². The maximum Gasteiger partial charge on any atom is 0.383 e. The molecule has 0 fully saturated rings. The lowest BCUT2D eigenvalue weighted by atomic mass is 10.4. The number of hydrogen-bond acceptors (Lipinski definition) is 7. The van der Waals surface area contributed by atoms with Gasteiger partial charge in [-0.1, -0.05) is 36.4 Å². The van der Waals surface area contributed by atoms with Gasteiger partial charge in [-0.25, -0.2) is 21.2 Å². The highest BCUT2D eigenvalue weighted by atomic mass is 32.2. The molecule has 0 aliphatic heterocycles. The van der Waals surface area contributed by atoms with E-state index >= 15 is 4.39 Å². The topological polar surface area (TPSA) is 104 Å². The van der Waals surface area contributed by atoms with Gasteiger partial charge in [0.05, 0.1) is 28.8 Å². The van der Waals surface area contributed by atoms with Crippen molar-refractivity contribution < 1.29 is 34.8 Å². The second-order valence-electron chi connectivity index (χ2n) is 6.22. The number of benzene rings is 2. The van der Waals surface area contributed by atoms with Crippen LogP contribution >= 0.6 is 7.60 Å². The lowest BCUT2D eigenvalue weighted by Crippen LogP contribution is -2.37. The van der Waals surface area contributed by atoms with Gasteiger partial charge in [0.15, 0.2) is 9.84 Å². The van der Waals surface area contributed by atoms with Crippen molar-refractivity contribution in [1.29, 1.82) is 0 Å². The molecule has 0 unspecified atom stereocenters. The van der Waals surface area contributed by atoms with Crippen LogP contribution in [0, 0.1) is 0 Å². The van der Waals surface area contributed by atoms with Crippen molar-refractivity contribution in [3.63, 3.8) is 0 Å². The number of halogens is 1. The molecule has 0 saturated heterocycles. The molecule has 0 aliphatic carbocycles. The molecule has 11 heteroatoms. The van der Waals surface area contributed by atoms with Gasteiger partial charge >= 0.3 is 12.3 Å². The zero-order valence-electron chi connectivity index (χ0n) is 16.6. The number of sulfone groups is 2. The van der Waals surface area contributed by atoms with Crippen molar-refractivity contribution in [2.45, 2.75) is 34.8 Å². The monoisotopic (exact) mass is 478 g/mol. The summed E-state index contributed by atoms with van der Waals surface area (Å²) in [5.41, 5.74) is 0. The summed E-state index contributed by atoms with van der Waals surface area (Å²) in [4.78, 5) is -0.559. The van der Waals surface area contributed by atoms with E-state index in [0.717, 1.165) is 12.1 Å². The second kappa shape index (κ2) is 9.70. The van der Waals surface area contributed by atoms with Gasteiger partial charge in [-0.2, -0.15) is 0 Å². The van der Waals surface area contributed by atoms with E-state index in [1.807, 2.05) is 0 Å². The number of hydrogen-bond donors (Lipinski definition) is 0. The third-order valence-electron chi connectivity index (χ3n) is 4.25. The molecule has 0 saturated carbocycles. The van der Waals surface area contributed by atoms with Crippen molar-refractivity contribution in [1.82, 2.24) is 0 Å². The molecule has 2 rings (SSSR count). The van der Waals surface area contributed by atoms with E-state index in [2.05, 4.69) is 0 Å². The first-order valence-electron chi connectivity index (χ1n) is 9.19. The summed E-state index contributed by atoms with van der Waals surface area (Å²) in [6.07, 6.45) is -1.13. The minimum atomic E-state index is -4.95. The van der Waals surface area contributed by atoms with Gasteiger partial charge in [0.25, 0.3) is 0 Å². The van der Waals surface area contributed by atoms with E-state index in [-0.39, 0.29) is 18.1 Å². The van der Waals surface area contributed by atoms with Gasteiger partial charge in [0, 0.05) is 6.42 Å². The van der Waals surface area contributed by atoms with Crippen molar-refractivity contribution in [3.05, 3.63) is 60.7 Å². The average Bonchev–Trinajstić information content (AvgIpc) is 2.73. The van der Waals surface area contributed by atoms with Crippen molar-refractivity contribution in [2.75, 3.05) is 19.0 Å². The van der Waals surface area contributed by atoms with Crippen molar-refractivity contribution in [2.24, 2.45) is 0 Å². The maximum absolute atomic E-state index is 16.4. The van der Waals surface area contributed by atoms with E-state index in [1.165, 1.54) is 56.3 Å². The summed E-state index contributed by atoms with van der Waals surface area (Å²) in [6, 6.07) is 13.8. The summed E-state index contributed by atoms with van der Waals surface area (Å²) in [5.74, 6) is -0.913. The highest BCUT2D eigenvalue weighted by Crippen LogP contribution is 2.66.